The quantitative estimate of drug-likeness (QED) is 0.322. The molecule has 0 saturated heterocycles. The Hall–Kier alpha value is -1.56. The molecule has 0 aliphatic rings. The molecule has 0 spiro atoms. The molecule has 90 valence electrons. The zero-order valence-corrected chi connectivity index (χ0v) is 9.64. The molecule has 6 nitrogen and oxygen atoms in total. The number of aromatic nitrogens is 2. The molecule has 3 N–H and O–H groups in total. The third-order valence-electron chi connectivity index (χ3n) is 2.08. The van der Waals surface area contributed by atoms with Crippen molar-refractivity contribution in [2.75, 3.05) is 6.61 Å². The van der Waals surface area contributed by atoms with Crippen LogP contribution in [0.5, 0.6) is 5.75 Å². The highest BCUT2D eigenvalue weighted by molar-refractivity contribution is 5.75. The molecular formula is C10H18N4O2. The van der Waals surface area contributed by atoms with Crippen molar-refractivity contribution in [1.29, 1.82) is 0 Å². The van der Waals surface area contributed by atoms with Crippen LogP contribution in [0, 0.1) is 0 Å². The molecule has 1 heterocycles. The molecule has 0 aliphatic carbocycles. The van der Waals surface area contributed by atoms with E-state index in [2.05, 4.69) is 10.5 Å². The Labute approximate surface area is 94.7 Å². The molecule has 1 aromatic heterocycles. The van der Waals surface area contributed by atoms with Gasteiger partial charge in [-0.25, -0.2) is 5.84 Å². The fourth-order valence-electron chi connectivity index (χ4n) is 1.17. The number of nitrogens with one attached hydrogen (secondary N) is 1. The highest BCUT2D eigenvalue weighted by atomic mass is 16.5. The molecule has 1 rings (SSSR count). The summed E-state index contributed by atoms with van der Waals surface area (Å²) in [5.41, 5.74) is 2.07. The van der Waals surface area contributed by atoms with Crippen LogP contribution in [0.25, 0.3) is 0 Å². The van der Waals surface area contributed by atoms with E-state index in [9.17, 15) is 4.79 Å². The molecule has 1 amide bonds. The highest BCUT2D eigenvalue weighted by Gasteiger charge is 2.03. The number of hydrazine groups is 1. The maximum atomic E-state index is 10.8. The van der Waals surface area contributed by atoms with Crippen LogP contribution >= 0.6 is 0 Å². The number of hydrogen-bond acceptors (Lipinski definition) is 4. The molecule has 0 atom stereocenters. The van der Waals surface area contributed by atoms with Crippen molar-refractivity contribution in [3.63, 3.8) is 0 Å². The molecule has 0 fully saturated rings. The summed E-state index contributed by atoms with van der Waals surface area (Å²) < 4.78 is 7.25. The molecule has 0 saturated carbocycles. The average molecular weight is 226 g/mol. The predicted octanol–water partition coefficient (Wildman–Crippen LogP) is 0.613. The standard InChI is InChI=1S/C10H18N4O2/c1-8(2)14-7-9(6-12-14)16-5-3-4-10(15)13-11/h6-8H,3-5,11H2,1-2H3,(H,13,15). The first kappa shape index (κ1) is 12.5. The van der Waals surface area contributed by atoms with E-state index in [0.29, 0.717) is 25.5 Å². The zero-order valence-electron chi connectivity index (χ0n) is 9.64. The first-order chi connectivity index (χ1) is 7.63. The number of carbonyl (C=O) groups is 1. The normalized spacial score (nSPS) is 10.5. The van der Waals surface area contributed by atoms with E-state index < -0.39 is 0 Å². The lowest BCUT2D eigenvalue weighted by Gasteiger charge is -2.04. The Balaban J connectivity index is 2.24. The van der Waals surface area contributed by atoms with E-state index in [4.69, 9.17) is 10.6 Å². The van der Waals surface area contributed by atoms with Crippen LogP contribution < -0.4 is 16.0 Å². The Bertz CT molecular complexity index is 335. The van der Waals surface area contributed by atoms with Gasteiger partial charge < -0.3 is 4.74 Å². The molecule has 0 bridgehead atoms. The Kier molecular flexibility index (Phi) is 4.78. The van der Waals surface area contributed by atoms with Crippen LogP contribution in [0.2, 0.25) is 0 Å². The fraction of sp³-hybridized carbons (Fsp3) is 0.600. The molecule has 0 aromatic carbocycles. The van der Waals surface area contributed by atoms with E-state index in [1.165, 1.54) is 0 Å². The minimum atomic E-state index is -0.179. The number of carbonyl (C=O) groups excluding carboxylic acids is 1. The smallest absolute Gasteiger partial charge is 0.234 e. The van der Waals surface area contributed by atoms with E-state index in [0.717, 1.165) is 5.75 Å². The van der Waals surface area contributed by atoms with Crippen molar-refractivity contribution in [3.8, 4) is 5.75 Å². The number of hydrogen-bond donors (Lipinski definition) is 2. The van der Waals surface area contributed by atoms with Gasteiger partial charge >= 0.3 is 0 Å². The lowest BCUT2D eigenvalue weighted by Crippen LogP contribution is -2.29. The van der Waals surface area contributed by atoms with Gasteiger partial charge in [-0.2, -0.15) is 5.10 Å². The molecular weight excluding hydrogens is 208 g/mol. The van der Waals surface area contributed by atoms with Crippen LogP contribution in [-0.2, 0) is 4.79 Å². The van der Waals surface area contributed by atoms with Crippen molar-refractivity contribution in [1.82, 2.24) is 15.2 Å². The van der Waals surface area contributed by atoms with Gasteiger partial charge in [0, 0.05) is 12.5 Å². The van der Waals surface area contributed by atoms with Crippen molar-refractivity contribution >= 4 is 5.91 Å². The Morgan fingerprint density at radius 1 is 1.69 bits per heavy atom. The van der Waals surface area contributed by atoms with Crippen LogP contribution in [0.1, 0.15) is 32.7 Å². The molecule has 0 aliphatic heterocycles. The van der Waals surface area contributed by atoms with Gasteiger partial charge in [-0.15, -0.1) is 0 Å². The van der Waals surface area contributed by atoms with Gasteiger partial charge in [0.25, 0.3) is 0 Å². The van der Waals surface area contributed by atoms with E-state index in [1.807, 2.05) is 24.7 Å². The first-order valence-corrected chi connectivity index (χ1v) is 5.30. The van der Waals surface area contributed by atoms with Crippen LogP contribution in [-0.4, -0.2) is 22.3 Å². The van der Waals surface area contributed by atoms with E-state index in [-0.39, 0.29) is 5.91 Å². The van der Waals surface area contributed by atoms with Crippen molar-refractivity contribution in [3.05, 3.63) is 12.4 Å². The number of nitrogens with zero attached hydrogens (tertiary/aromatic N) is 2. The second kappa shape index (κ2) is 6.12. The maximum absolute atomic E-state index is 10.8. The van der Waals surface area contributed by atoms with Gasteiger partial charge in [0.15, 0.2) is 5.75 Å². The van der Waals surface area contributed by atoms with Gasteiger partial charge in [0.05, 0.1) is 19.0 Å². The summed E-state index contributed by atoms with van der Waals surface area (Å²) in [6.45, 7) is 4.57. The number of ether oxygens (including phenoxy) is 1. The van der Waals surface area contributed by atoms with Crippen LogP contribution in [0.3, 0.4) is 0 Å². The molecule has 0 radical (unpaired) electrons. The Morgan fingerprint density at radius 2 is 2.44 bits per heavy atom. The lowest BCUT2D eigenvalue weighted by atomic mass is 10.3. The summed E-state index contributed by atoms with van der Waals surface area (Å²) in [5.74, 6) is 5.49. The van der Waals surface area contributed by atoms with Crippen LogP contribution in [0.4, 0.5) is 0 Å². The fourth-order valence-corrected chi connectivity index (χ4v) is 1.17. The summed E-state index contributed by atoms with van der Waals surface area (Å²) >= 11 is 0. The largest absolute Gasteiger partial charge is 0.490 e. The van der Waals surface area contributed by atoms with E-state index in [1.54, 1.807) is 6.20 Å². The van der Waals surface area contributed by atoms with Crippen LogP contribution in [0.15, 0.2) is 12.4 Å². The topological polar surface area (TPSA) is 82.2 Å². The summed E-state index contributed by atoms with van der Waals surface area (Å²) in [4.78, 5) is 10.8. The lowest BCUT2D eigenvalue weighted by molar-refractivity contribution is -0.121. The summed E-state index contributed by atoms with van der Waals surface area (Å²) in [6, 6.07) is 0.320. The molecule has 0 unspecified atom stereocenters. The summed E-state index contributed by atoms with van der Waals surface area (Å²) in [7, 11) is 0. The van der Waals surface area contributed by atoms with Crippen molar-refractivity contribution in [2.24, 2.45) is 5.84 Å². The average Bonchev–Trinajstić information content (AvgIpc) is 2.72. The minimum absolute atomic E-state index is 0.179. The number of nitrogens with two attached hydrogens (primary N) is 1. The summed E-state index contributed by atoms with van der Waals surface area (Å²) in [6.07, 6.45) is 4.52. The Morgan fingerprint density at radius 3 is 3.00 bits per heavy atom. The second-order valence-corrected chi connectivity index (χ2v) is 3.77. The van der Waals surface area contributed by atoms with E-state index >= 15 is 0 Å². The molecule has 6 heteroatoms. The third-order valence-corrected chi connectivity index (χ3v) is 2.08. The highest BCUT2D eigenvalue weighted by Crippen LogP contribution is 2.12. The monoisotopic (exact) mass is 226 g/mol. The van der Waals surface area contributed by atoms with Gasteiger partial charge in [-0.3, -0.25) is 14.9 Å². The predicted molar refractivity (Wildman–Crippen MR) is 59.7 cm³/mol. The first-order valence-electron chi connectivity index (χ1n) is 5.30. The summed E-state index contributed by atoms with van der Waals surface area (Å²) in [5, 5.41) is 4.14. The molecule has 1 aromatic rings. The number of amides is 1. The number of rotatable bonds is 6. The van der Waals surface area contributed by atoms with Crippen molar-refractivity contribution in [2.45, 2.75) is 32.7 Å². The minimum Gasteiger partial charge on any atom is -0.490 e. The third kappa shape index (κ3) is 3.90. The second-order valence-electron chi connectivity index (χ2n) is 3.77. The van der Waals surface area contributed by atoms with Gasteiger partial charge in [-0.1, -0.05) is 0 Å². The van der Waals surface area contributed by atoms with Crippen molar-refractivity contribution < 1.29 is 9.53 Å². The van der Waals surface area contributed by atoms with Gasteiger partial charge in [-0.05, 0) is 20.3 Å². The molecule has 16 heavy (non-hydrogen) atoms. The maximum Gasteiger partial charge on any atom is 0.234 e. The van der Waals surface area contributed by atoms with Gasteiger partial charge in [0.2, 0.25) is 5.91 Å². The van der Waals surface area contributed by atoms with Gasteiger partial charge in [0.1, 0.15) is 0 Å². The SMILES string of the molecule is CC(C)n1cc(OCCCC(=O)NN)cn1. The zero-order chi connectivity index (χ0) is 12.0.